The summed E-state index contributed by atoms with van der Waals surface area (Å²) in [5, 5.41) is 7.24. The van der Waals surface area contributed by atoms with Gasteiger partial charge in [-0.15, -0.1) is 0 Å². The number of ether oxygens (including phenoxy) is 1. The number of guanidine groups is 1. The topological polar surface area (TPSA) is 62.3 Å². The van der Waals surface area contributed by atoms with E-state index in [1.54, 1.807) is 11.9 Å². The Morgan fingerprint density at radius 3 is 2.47 bits per heavy atom. The minimum absolute atomic E-state index is 0.0730. The third kappa shape index (κ3) is 3.50. The van der Waals surface area contributed by atoms with E-state index in [9.17, 15) is 0 Å². The SMILES string of the molecule is CCOc1ccc(CN(C)C(=N)N)cc1. The largest absolute Gasteiger partial charge is 0.494 e. The van der Waals surface area contributed by atoms with Gasteiger partial charge < -0.3 is 15.4 Å². The molecule has 3 N–H and O–H groups in total. The van der Waals surface area contributed by atoms with Crippen molar-refractivity contribution in [3.8, 4) is 5.75 Å². The number of nitrogens with two attached hydrogens (primary N) is 1. The Bertz CT molecular complexity index is 321. The molecule has 4 heteroatoms. The molecule has 0 aromatic heterocycles. The summed E-state index contributed by atoms with van der Waals surface area (Å²) in [6.07, 6.45) is 0. The summed E-state index contributed by atoms with van der Waals surface area (Å²) in [7, 11) is 1.79. The van der Waals surface area contributed by atoms with Crippen molar-refractivity contribution in [3.63, 3.8) is 0 Å². The molecule has 82 valence electrons. The lowest BCUT2D eigenvalue weighted by Gasteiger charge is -2.16. The van der Waals surface area contributed by atoms with Crippen LogP contribution in [-0.4, -0.2) is 24.5 Å². The van der Waals surface area contributed by atoms with E-state index < -0.39 is 0 Å². The van der Waals surface area contributed by atoms with Gasteiger partial charge in [-0.2, -0.15) is 0 Å². The van der Waals surface area contributed by atoms with E-state index in [4.69, 9.17) is 15.9 Å². The van der Waals surface area contributed by atoms with Crippen LogP contribution < -0.4 is 10.5 Å². The fourth-order valence-corrected chi connectivity index (χ4v) is 1.22. The molecule has 0 saturated carbocycles. The molecule has 0 unspecified atom stereocenters. The van der Waals surface area contributed by atoms with Gasteiger partial charge >= 0.3 is 0 Å². The van der Waals surface area contributed by atoms with Gasteiger partial charge in [-0.25, -0.2) is 0 Å². The summed E-state index contributed by atoms with van der Waals surface area (Å²) in [4.78, 5) is 1.68. The summed E-state index contributed by atoms with van der Waals surface area (Å²) in [5.41, 5.74) is 6.45. The zero-order valence-electron chi connectivity index (χ0n) is 9.16. The molecule has 0 aliphatic carbocycles. The first kappa shape index (κ1) is 11.4. The first-order valence-electron chi connectivity index (χ1n) is 4.90. The molecule has 4 nitrogen and oxygen atoms in total. The van der Waals surface area contributed by atoms with E-state index in [0.29, 0.717) is 13.2 Å². The zero-order chi connectivity index (χ0) is 11.3. The molecule has 15 heavy (non-hydrogen) atoms. The number of rotatable bonds is 4. The Labute approximate surface area is 90.2 Å². The Kier molecular flexibility index (Phi) is 3.97. The number of hydrogen-bond donors (Lipinski definition) is 2. The van der Waals surface area contributed by atoms with Crippen LogP contribution >= 0.6 is 0 Å². The summed E-state index contributed by atoms with van der Waals surface area (Å²) < 4.78 is 5.33. The molecule has 1 aromatic carbocycles. The fraction of sp³-hybridized carbons (Fsp3) is 0.364. The van der Waals surface area contributed by atoms with Crippen LogP contribution in [0.5, 0.6) is 5.75 Å². The highest BCUT2D eigenvalue weighted by Crippen LogP contribution is 2.12. The van der Waals surface area contributed by atoms with E-state index in [2.05, 4.69) is 0 Å². The molecule has 0 aliphatic heterocycles. The molecule has 0 fully saturated rings. The predicted octanol–water partition coefficient (Wildman–Crippen LogP) is 1.41. The third-order valence-corrected chi connectivity index (χ3v) is 2.07. The van der Waals surface area contributed by atoms with Gasteiger partial charge in [-0.05, 0) is 24.6 Å². The van der Waals surface area contributed by atoms with E-state index in [0.717, 1.165) is 11.3 Å². The molecule has 0 atom stereocenters. The molecule has 0 radical (unpaired) electrons. The molecule has 0 heterocycles. The lowest BCUT2D eigenvalue weighted by atomic mass is 10.2. The average molecular weight is 207 g/mol. The lowest BCUT2D eigenvalue weighted by molar-refractivity contribution is 0.340. The first-order valence-corrected chi connectivity index (χ1v) is 4.90. The summed E-state index contributed by atoms with van der Waals surface area (Å²) in [6, 6.07) is 7.80. The van der Waals surface area contributed by atoms with Gasteiger partial charge in [0.1, 0.15) is 5.75 Å². The van der Waals surface area contributed by atoms with Crippen molar-refractivity contribution < 1.29 is 4.74 Å². The maximum atomic E-state index is 7.24. The van der Waals surface area contributed by atoms with E-state index in [1.807, 2.05) is 31.2 Å². The third-order valence-electron chi connectivity index (χ3n) is 2.07. The molecule has 0 amide bonds. The second-order valence-corrected chi connectivity index (χ2v) is 3.32. The quantitative estimate of drug-likeness (QED) is 0.579. The van der Waals surface area contributed by atoms with Crippen LogP contribution in [0.25, 0.3) is 0 Å². The van der Waals surface area contributed by atoms with E-state index in [1.165, 1.54) is 0 Å². The van der Waals surface area contributed by atoms with Crippen LogP contribution in [0.15, 0.2) is 24.3 Å². The van der Waals surface area contributed by atoms with Crippen molar-refractivity contribution in [1.29, 1.82) is 5.41 Å². The minimum Gasteiger partial charge on any atom is -0.494 e. The Hall–Kier alpha value is -1.71. The van der Waals surface area contributed by atoms with Crippen molar-refractivity contribution in [3.05, 3.63) is 29.8 Å². The van der Waals surface area contributed by atoms with Crippen molar-refractivity contribution in [2.24, 2.45) is 5.73 Å². The van der Waals surface area contributed by atoms with Gasteiger partial charge in [0.15, 0.2) is 5.96 Å². The van der Waals surface area contributed by atoms with Crippen LogP contribution in [0, 0.1) is 5.41 Å². The highest BCUT2D eigenvalue weighted by atomic mass is 16.5. The van der Waals surface area contributed by atoms with Crippen molar-refractivity contribution in [1.82, 2.24) is 4.90 Å². The molecule has 0 bridgehead atoms. The fourth-order valence-electron chi connectivity index (χ4n) is 1.22. The number of benzene rings is 1. The van der Waals surface area contributed by atoms with E-state index in [-0.39, 0.29) is 5.96 Å². The first-order chi connectivity index (χ1) is 7.13. The van der Waals surface area contributed by atoms with Crippen LogP contribution in [0.3, 0.4) is 0 Å². The second-order valence-electron chi connectivity index (χ2n) is 3.32. The molecule has 0 aliphatic rings. The van der Waals surface area contributed by atoms with Gasteiger partial charge in [0.25, 0.3) is 0 Å². The van der Waals surface area contributed by atoms with Gasteiger partial charge in [0, 0.05) is 13.6 Å². The van der Waals surface area contributed by atoms with Crippen LogP contribution in [0.2, 0.25) is 0 Å². The highest BCUT2D eigenvalue weighted by Gasteiger charge is 2.01. The summed E-state index contributed by atoms with van der Waals surface area (Å²) in [5.74, 6) is 0.940. The number of hydrogen-bond acceptors (Lipinski definition) is 2. The van der Waals surface area contributed by atoms with Gasteiger partial charge in [0.2, 0.25) is 0 Å². The summed E-state index contributed by atoms with van der Waals surface area (Å²) in [6.45, 7) is 3.27. The van der Waals surface area contributed by atoms with Gasteiger partial charge in [0.05, 0.1) is 6.61 Å². The standard InChI is InChI=1S/C11H17N3O/c1-3-15-10-6-4-9(5-7-10)8-14(2)11(12)13/h4-7H,3,8H2,1-2H3,(H3,12,13). The molecule has 0 spiro atoms. The Morgan fingerprint density at radius 1 is 1.40 bits per heavy atom. The maximum absolute atomic E-state index is 7.24. The smallest absolute Gasteiger partial charge is 0.188 e. The molecule has 1 rings (SSSR count). The van der Waals surface area contributed by atoms with E-state index >= 15 is 0 Å². The Balaban J connectivity index is 2.60. The van der Waals surface area contributed by atoms with Crippen molar-refractivity contribution in [2.45, 2.75) is 13.5 Å². The molecular formula is C11H17N3O. The summed E-state index contributed by atoms with van der Waals surface area (Å²) >= 11 is 0. The average Bonchev–Trinajstić information content (AvgIpc) is 2.21. The van der Waals surface area contributed by atoms with Crippen molar-refractivity contribution in [2.75, 3.05) is 13.7 Å². The predicted molar refractivity (Wildman–Crippen MR) is 61.0 cm³/mol. The van der Waals surface area contributed by atoms with Gasteiger partial charge in [-0.1, -0.05) is 12.1 Å². The molecular weight excluding hydrogens is 190 g/mol. The van der Waals surface area contributed by atoms with Crippen LogP contribution in [0.1, 0.15) is 12.5 Å². The maximum Gasteiger partial charge on any atom is 0.188 e. The molecule has 1 aromatic rings. The van der Waals surface area contributed by atoms with Gasteiger partial charge in [-0.3, -0.25) is 5.41 Å². The minimum atomic E-state index is 0.0730. The molecule has 0 saturated heterocycles. The number of nitrogens with zero attached hydrogens (tertiary/aromatic N) is 1. The number of nitrogens with one attached hydrogen (secondary N) is 1. The monoisotopic (exact) mass is 207 g/mol. The zero-order valence-corrected chi connectivity index (χ0v) is 9.16. The lowest BCUT2D eigenvalue weighted by Crippen LogP contribution is -2.32. The second kappa shape index (κ2) is 5.24. The van der Waals surface area contributed by atoms with Crippen molar-refractivity contribution >= 4 is 5.96 Å². The highest BCUT2D eigenvalue weighted by molar-refractivity contribution is 5.74. The van der Waals surface area contributed by atoms with Crippen LogP contribution in [0.4, 0.5) is 0 Å². The Morgan fingerprint density at radius 2 is 2.00 bits per heavy atom. The van der Waals surface area contributed by atoms with Crippen LogP contribution in [-0.2, 0) is 6.54 Å². The normalized spacial score (nSPS) is 9.73.